The predicted octanol–water partition coefficient (Wildman–Crippen LogP) is 4.88. The maximum atomic E-state index is 13.4. The zero-order chi connectivity index (χ0) is 26.7. The van der Waals surface area contributed by atoms with E-state index in [1.54, 1.807) is 42.5 Å². The molecule has 1 saturated heterocycles. The summed E-state index contributed by atoms with van der Waals surface area (Å²) in [5.74, 6) is -1.17. The largest absolute Gasteiger partial charge is 0.508 e. The molecule has 0 spiro atoms. The zero-order valence-electron chi connectivity index (χ0n) is 21.3. The second-order valence-corrected chi connectivity index (χ2v) is 8.52. The Hall–Kier alpha value is -4.46. The Kier molecular flexibility index (Phi) is 7.38. The molecule has 1 atom stereocenters. The Morgan fingerprint density at radius 1 is 0.919 bits per heavy atom. The lowest BCUT2D eigenvalue weighted by Gasteiger charge is -2.27. The molecule has 8 nitrogen and oxygen atoms in total. The number of benzene rings is 3. The molecule has 1 heterocycles. The Balaban J connectivity index is 1.91. The smallest absolute Gasteiger partial charge is 0.300 e. The van der Waals surface area contributed by atoms with E-state index in [1.165, 1.54) is 31.3 Å². The van der Waals surface area contributed by atoms with Crippen LogP contribution in [-0.4, -0.2) is 49.2 Å². The van der Waals surface area contributed by atoms with Crippen molar-refractivity contribution in [2.24, 2.45) is 0 Å². The first-order valence-electron chi connectivity index (χ1n) is 12.0. The summed E-state index contributed by atoms with van der Waals surface area (Å²) in [7, 11) is 2.94. The number of anilines is 2. The molecule has 3 aromatic rings. The Morgan fingerprint density at radius 3 is 2.14 bits per heavy atom. The van der Waals surface area contributed by atoms with Gasteiger partial charge in [-0.15, -0.1) is 0 Å². The van der Waals surface area contributed by atoms with E-state index in [0.29, 0.717) is 22.7 Å². The van der Waals surface area contributed by atoms with Gasteiger partial charge in [-0.2, -0.15) is 0 Å². The SMILES string of the molecule is CCN(CC)c1ccc(N2C(=O)C(=O)/C(=C(/O)c3cc(OC)ccc3OC)C2c2ccc(O)cc2)cc1. The van der Waals surface area contributed by atoms with E-state index in [2.05, 4.69) is 18.7 Å². The molecule has 37 heavy (non-hydrogen) atoms. The van der Waals surface area contributed by atoms with Gasteiger partial charge < -0.3 is 24.6 Å². The number of hydrogen-bond acceptors (Lipinski definition) is 7. The number of phenolic OH excluding ortho intramolecular Hbond substituents is 1. The van der Waals surface area contributed by atoms with Gasteiger partial charge >= 0.3 is 0 Å². The summed E-state index contributed by atoms with van der Waals surface area (Å²) in [6, 6.07) is 17.5. The maximum absolute atomic E-state index is 13.4. The van der Waals surface area contributed by atoms with Crippen molar-refractivity contribution >= 4 is 28.8 Å². The number of nitrogens with zero attached hydrogens (tertiary/aromatic N) is 2. The lowest BCUT2D eigenvalue weighted by atomic mass is 9.94. The van der Waals surface area contributed by atoms with Crippen molar-refractivity contribution in [1.29, 1.82) is 0 Å². The molecule has 0 aromatic heterocycles. The minimum atomic E-state index is -0.934. The number of aliphatic hydroxyl groups excluding tert-OH is 1. The first kappa shape index (κ1) is 25.6. The van der Waals surface area contributed by atoms with Gasteiger partial charge in [-0.25, -0.2) is 0 Å². The fraction of sp³-hybridized carbons (Fsp3) is 0.241. The average Bonchev–Trinajstić information content (AvgIpc) is 3.19. The third kappa shape index (κ3) is 4.70. The number of Topliss-reactive ketones (excluding diaryl/α,β-unsaturated/α-hetero) is 1. The number of carbonyl (C=O) groups is 2. The van der Waals surface area contributed by atoms with Gasteiger partial charge in [-0.3, -0.25) is 14.5 Å². The van der Waals surface area contributed by atoms with E-state index in [4.69, 9.17) is 9.47 Å². The fourth-order valence-corrected chi connectivity index (χ4v) is 4.63. The standard InChI is InChI=1S/C29H30N2O6/c1-5-30(6-2)19-9-11-20(12-10-19)31-26(18-7-13-21(32)14-8-18)25(28(34)29(31)35)27(33)23-17-22(36-3)15-16-24(23)37-4/h7-17,26,32-33H,5-6H2,1-4H3/b27-25+. The molecule has 1 aliphatic rings. The molecule has 1 unspecified atom stereocenters. The van der Waals surface area contributed by atoms with Crippen LogP contribution in [0.1, 0.15) is 31.0 Å². The first-order chi connectivity index (χ1) is 17.8. The van der Waals surface area contributed by atoms with Crippen LogP contribution in [0, 0.1) is 0 Å². The summed E-state index contributed by atoms with van der Waals surface area (Å²) in [4.78, 5) is 30.4. The van der Waals surface area contributed by atoms with Gasteiger partial charge in [-0.05, 0) is 74.0 Å². The Bertz CT molecular complexity index is 1330. The van der Waals surface area contributed by atoms with E-state index in [-0.39, 0.29) is 22.6 Å². The molecule has 0 radical (unpaired) electrons. The minimum Gasteiger partial charge on any atom is -0.508 e. The summed E-state index contributed by atoms with van der Waals surface area (Å²) in [6.07, 6.45) is 0. The normalized spacial score (nSPS) is 16.6. The number of rotatable bonds is 8. The second kappa shape index (κ2) is 10.7. The predicted molar refractivity (Wildman–Crippen MR) is 142 cm³/mol. The number of ketones is 1. The van der Waals surface area contributed by atoms with E-state index >= 15 is 0 Å². The highest BCUT2D eigenvalue weighted by Crippen LogP contribution is 2.44. The van der Waals surface area contributed by atoms with Crippen molar-refractivity contribution in [3.63, 3.8) is 0 Å². The summed E-state index contributed by atoms with van der Waals surface area (Å²) in [5, 5.41) is 21.3. The van der Waals surface area contributed by atoms with Crippen LogP contribution in [0.2, 0.25) is 0 Å². The highest BCUT2D eigenvalue weighted by Gasteiger charge is 2.47. The highest BCUT2D eigenvalue weighted by atomic mass is 16.5. The zero-order valence-corrected chi connectivity index (χ0v) is 21.3. The molecule has 0 bridgehead atoms. The summed E-state index contributed by atoms with van der Waals surface area (Å²) in [5.41, 5.74) is 2.18. The minimum absolute atomic E-state index is 0.0405. The molecule has 1 fully saturated rings. The first-order valence-corrected chi connectivity index (χ1v) is 12.0. The number of hydrogen-bond donors (Lipinski definition) is 2. The van der Waals surface area contributed by atoms with Crippen molar-refractivity contribution in [2.75, 3.05) is 37.1 Å². The van der Waals surface area contributed by atoms with Crippen LogP contribution >= 0.6 is 0 Å². The van der Waals surface area contributed by atoms with Gasteiger partial charge in [0.05, 0.1) is 31.4 Å². The van der Waals surface area contributed by atoms with Gasteiger partial charge in [-0.1, -0.05) is 12.1 Å². The van der Waals surface area contributed by atoms with Gasteiger partial charge in [0.2, 0.25) is 0 Å². The quantitative estimate of drug-likeness (QED) is 0.257. The summed E-state index contributed by atoms with van der Waals surface area (Å²) >= 11 is 0. The number of methoxy groups -OCH3 is 2. The molecular weight excluding hydrogens is 472 g/mol. The molecule has 8 heteroatoms. The number of aromatic hydroxyl groups is 1. The summed E-state index contributed by atoms with van der Waals surface area (Å²) in [6.45, 7) is 5.79. The van der Waals surface area contributed by atoms with Gasteiger partial charge in [0.25, 0.3) is 11.7 Å². The van der Waals surface area contributed by atoms with Crippen molar-refractivity contribution in [3.05, 3.63) is 83.4 Å². The molecule has 192 valence electrons. The monoisotopic (exact) mass is 502 g/mol. The van der Waals surface area contributed by atoms with Crippen LogP contribution in [0.25, 0.3) is 5.76 Å². The van der Waals surface area contributed by atoms with Crippen LogP contribution < -0.4 is 19.3 Å². The lowest BCUT2D eigenvalue weighted by Crippen LogP contribution is -2.29. The molecule has 2 N–H and O–H groups in total. The van der Waals surface area contributed by atoms with Gasteiger partial charge in [0.1, 0.15) is 23.0 Å². The van der Waals surface area contributed by atoms with E-state index in [9.17, 15) is 19.8 Å². The number of carbonyl (C=O) groups excluding carboxylic acids is 2. The van der Waals surface area contributed by atoms with Crippen LogP contribution in [-0.2, 0) is 9.59 Å². The Labute approximate surface area is 216 Å². The van der Waals surface area contributed by atoms with Crippen LogP contribution in [0.4, 0.5) is 11.4 Å². The van der Waals surface area contributed by atoms with Crippen molar-refractivity contribution < 1.29 is 29.3 Å². The number of ether oxygens (including phenoxy) is 2. The molecular formula is C29H30N2O6. The topological polar surface area (TPSA) is 99.5 Å². The summed E-state index contributed by atoms with van der Waals surface area (Å²) < 4.78 is 10.7. The second-order valence-electron chi connectivity index (χ2n) is 8.52. The number of phenols is 1. The molecule has 3 aromatic carbocycles. The number of amides is 1. The Morgan fingerprint density at radius 2 is 1.57 bits per heavy atom. The molecule has 4 rings (SSSR count). The molecule has 0 aliphatic carbocycles. The lowest BCUT2D eigenvalue weighted by molar-refractivity contribution is -0.132. The van der Waals surface area contributed by atoms with Gasteiger partial charge in [0.15, 0.2) is 0 Å². The van der Waals surface area contributed by atoms with Crippen LogP contribution in [0.5, 0.6) is 17.2 Å². The van der Waals surface area contributed by atoms with Crippen molar-refractivity contribution in [1.82, 2.24) is 0 Å². The van der Waals surface area contributed by atoms with Crippen molar-refractivity contribution in [3.8, 4) is 17.2 Å². The third-order valence-electron chi connectivity index (χ3n) is 6.57. The van der Waals surface area contributed by atoms with E-state index in [1.807, 2.05) is 12.1 Å². The highest BCUT2D eigenvalue weighted by molar-refractivity contribution is 6.51. The van der Waals surface area contributed by atoms with Crippen LogP contribution in [0.3, 0.4) is 0 Å². The van der Waals surface area contributed by atoms with E-state index in [0.717, 1.165) is 18.8 Å². The fourth-order valence-electron chi connectivity index (χ4n) is 4.63. The van der Waals surface area contributed by atoms with Crippen molar-refractivity contribution in [2.45, 2.75) is 19.9 Å². The van der Waals surface area contributed by atoms with Gasteiger partial charge in [0, 0.05) is 24.5 Å². The molecule has 1 aliphatic heterocycles. The molecule has 0 saturated carbocycles. The maximum Gasteiger partial charge on any atom is 0.300 e. The third-order valence-corrected chi connectivity index (χ3v) is 6.57. The average molecular weight is 503 g/mol. The molecule has 1 amide bonds. The number of aliphatic hydroxyl groups is 1. The van der Waals surface area contributed by atoms with Crippen LogP contribution in [0.15, 0.2) is 72.3 Å². The van der Waals surface area contributed by atoms with E-state index < -0.39 is 17.7 Å².